The first-order valence-electron chi connectivity index (χ1n) is 9.42. The molecule has 3 heterocycles. The Kier molecular flexibility index (Phi) is 6.43. The van der Waals surface area contributed by atoms with E-state index in [1.807, 2.05) is 34.5 Å². The average molecular weight is 433 g/mol. The molecule has 9 heteroatoms. The number of thiophene rings is 1. The van der Waals surface area contributed by atoms with Gasteiger partial charge in [0, 0.05) is 31.2 Å². The number of nitrogens with zero attached hydrogens (tertiary/aromatic N) is 4. The molecule has 1 amide bonds. The standard InChI is InChI=1S/C20H21ClN4O3S/c21-15-3-1-4-16(13-15)27-11-6-19(26)25-9-7-24(8-10-25)14-18-22-20(23-28-18)17-5-2-12-29-17/h1-5,12-13H,6-11,14H2. The molecule has 1 saturated heterocycles. The zero-order valence-electron chi connectivity index (χ0n) is 15.8. The first-order valence-corrected chi connectivity index (χ1v) is 10.7. The maximum Gasteiger partial charge on any atom is 0.241 e. The molecule has 1 aliphatic rings. The smallest absolute Gasteiger partial charge is 0.241 e. The van der Waals surface area contributed by atoms with E-state index in [1.165, 1.54) is 0 Å². The fraction of sp³-hybridized carbons (Fsp3) is 0.350. The first-order chi connectivity index (χ1) is 14.2. The lowest BCUT2D eigenvalue weighted by molar-refractivity contribution is -0.133. The van der Waals surface area contributed by atoms with Crippen molar-refractivity contribution in [2.45, 2.75) is 13.0 Å². The van der Waals surface area contributed by atoms with E-state index < -0.39 is 0 Å². The molecule has 1 aromatic carbocycles. The number of rotatable bonds is 7. The molecule has 7 nitrogen and oxygen atoms in total. The fourth-order valence-corrected chi connectivity index (χ4v) is 3.97. The van der Waals surface area contributed by atoms with Gasteiger partial charge in [0.15, 0.2) is 0 Å². The van der Waals surface area contributed by atoms with E-state index in [-0.39, 0.29) is 5.91 Å². The van der Waals surface area contributed by atoms with Crippen LogP contribution in [0.1, 0.15) is 12.3 Å². The van der Waals surface area contributed by atoms with Crippen molar-refractivity contribution in [2.24, 2.45) is 0 Å². The van der Waals surface area contributed by atoms with Gasteiger partial charge in [0.1, 0.15) is 5.75 Å². The van der Waals surface area contributed by atoms with Gasteiger partial charge in [0.05, 0.1) is 24.4 Å². The van der Waals surface area contributed by atoms with Crippen molar-refractivity contribution in [3.8, 4) is 16.5 Å². The molecule has 152 valence electrons. The van der Waals surface area contributed by atoms with Crippen LogP contribution < -0.4 is 4.74 Å². The third-order valence-electron chi connectivity index (χ3n) is 4.67. The number of hydrogen-bond donors (Lipinski definition) is 0. The molecule has 0 radical (unpaired) electrons. The molecular formula is C20H21ClN4O3S. The Bertz CT molecular complexity index is 939. The van der Waals surface area contributed by atoms with Gasteiger partial charge < -0.3 is 14.2 Å². The summed E-state index contributed by atoms with van der Waals surface area (Å²) in [5, 5.41) is 6.65. The van der Waals surface area contributed by atoms with Crippen molar-refractivity contribution < 1.29 is 14.1 Å². The summed E-state index contributed by atoms with van der Waals surface area (Å²) >= 11 is 7.52. The van der Waals surface area contributed by atoms with Crippen LogP contribution in [0.4, 0.5) is 0 Å². The van der Waals surface area contributed by atoms with E-state index in [1.54, 1.807) is 23.5 Å². The second kappa shape index (κ2) is 9.39. The van der Waals surface area contributed by atoms with Gasteiger partial charge in [0.2, 0.25) is 17.6 Å². The van der Waals surface area contributed by atoms with Gasteiger partial charge in [-0.15, -0.1) is 11.3 Å². The Balaban J connectivity index is 1.19. The van der Waals surface area contributed by atoms with E-state index in [9.17, 15) is 4.79 Å². The van der Waals surface area contributed by atoms with Gasteiger partial charge in [0.25, 0.3) is 0 Å². The maximum absolute atomic E-state index is 12.4. The number of ether oxygens (including phenoxy) is 1. The van der Waals surface area contributed by atoms with Crippen molar-refractivity contribution in [1.29, 1.82) is 0 Å². The van der Waals surface area contributed by atoms with Gasteiger partial charge in [-0.25, -0.2) is 0 Å². The number of carbonyl (C=O) groups excluding carboxylic acids is 1. The zero-order chi connectivity index (χ0) is 20.1. The maximum atomic E-state index is 12.4. The molecule has 1 aliphatic heterocycles. The summed E-state index contributed by atoms with van der Waals surface area (Å²) in [5.41, 5.74) is 0. The van der Waals surface area contributed by atoms with Crippen molar-refractivity contribution in [1.82, 2.24) is 19.9 Å². The molecular weight excluding hydrogens is 412 g/mol. The van der Waals surface area contributed by atoms with Crippen LogP contribution >= 0.6 is 22.9 Å². The molecule has 0 saturated carbocycles. The van der Waals surface area contributed by atoms with E-state index in [0.717, 1.165) is 18.0 Å². The predicted molar refractivity (Wildman–Crippen MR) is 111 cm³/mol. The second-order valence-corrected chi connectivity index (χ2v) is 8.09. The molecule has 1 fully saturated rings. The van der Waals surface area contributed by atoms with E-state index in [4.69, 9.17) is 20.9 Å². The highest BCUT2D eigenvalue weighted by Gasteiger charge is 2.22. The lowest BCUT2D eigenvalue weighted by Gasteiger charge is -2.34. The molecule has 0 atom stereocenters. The Morgan fingerprint density at radius 2 is 2.07 bits per heavy atom. The molecule has 3 aromatic rings. The zero-order valence-corrected chi connectivity index (χ0v) is 17.4. The summed E-state index contributed by atoms with van der Waals surface area (Å²) in [7, 11) is 0. The number of carbonyl (C=O) groups is 1. The number of aromatic nitrogens is 2. The fourth-order valence-electron chi connectivity index (χ4n) is 3.14. The molecule has 0 N–H and O–H groups in total. The molecule has 2 aromatic heterocycles. The number of hydrogen-bond acceptors (Lipinski definition) is 7. The summed E-state index contributed by atoms with van der Waals surface area (Å²) in [6, 6.07) is 11.1. The Morgan fingerprint density at radius 1 is 1.21 bits per heavy atom. The molecule has 0 aliphatic carbocycles. The molecule has 4 rings (SSSR count). The molecule has 0 spiro atoms. The van der Waals surface area contributed by atoms with Crippen molar-refractivity contribution in [3.05, 3.63) is 52.7 Å². The van der Waals surface area contributed by atoms with Crippen LogP contribution in [0.5, 0.6) is 5.75 Å². The van der Waals surface area contributed by atoms with E-state index in [2.05, 4.69) is 15.0 Å². The third-order valence-corrected chi connectivity index (χ3v) is 5.78. The van der Waals surface area contributed by atoms with Crippen LogP contribution in [0.15, 0.2) is 46.3 Å². The number of piperazine rings is 1. The van der Waals surface area contributed by atoms with Gasteiger partial charge in [-0.2, -0.15) is 4.98 Å². The summed E-state index contributed by atoms with van der Waals surface area (Å²) in [5.74, 6) is 2.01. The minimum absolute atomic E-state index is 0.101. The number of amides is 1. The van der Waals surface area contributed by atoms with Crippen molar-refractivity contribution >= 4 is 28.8 Å². The van der Waals surface area contributed by atoms with Crippen molar-refractivity contribution in [3.63, 3.8) is 0 Å². The highest BCUT2D eigenvalue weighted by Crippen LogP contribution is 2.22. The lowest BCUT2D eigenvalue weighted by atomic mass is 10.2. The predicted octanol–water partition coefficient (Wildman–Crippen LogP) is 3.56. The number of benzene rings is 1. The lowest BCUT2D eigenvalue weighted by Crippen LogP contribution is -2.48. The average Bonchev–Trinajstić information content (AvgIpc) is 3.40. The van der Waals surface area contributed by atoms with E-state index >= 15 is 0 Å². The van der Waals surface area contributed by atoms with Gasteiger partial charge >= 0.3 is 0 Å². The molecule has 0 unspecified atom stereocenters. The minimum atomic E-state index is 0.101. The quantitative estimate of drug-likeness (QED) is 0.568. The largest absolute Gasteiger partial charge is 0.493 e. The summed E-state index contributed by atoms with van der Waals surface area (Å²) < 4.78 is 11.0. The summed E-state index contributed by atoms with van der Waals surface area (Å²) in [6.07, 6.45) is 0.348. The van der Waals surface area contributed by atoms with Crippen LogP contribution in [-0.2, 0) is 11.3 Å². The number of halogens is 1. The normalized spacial score (nSPS) is 14.9. The summed E-state index contributed by atoms with van der Waals surface area (Å²) in [6.45, 7) is 3.85. The Morgan fingerprint density at radius 3 is 2.83 bits per heavy atom. The van der Waals surface area contributed by atoms with Gasteiger partial charge in [-0.05, 0) is 29.6 Å². The molecule has 29 heavy (non-hydrogen) atoms. The topological polar surface area (TPSA) is 71.7 Å². The highest BCUT2D eigenvalue weighted by atomic mass is 35.5. The SMILES string of the molecule is O=C(CCOc1cccc(Cl)c1)N1CCN(Cc2nc(-c3cccs3)no2)CC1. The van der Waals surface area contributed by atoms with Crippen LogP contribution in [0, 0.1) is 0 Å². The second-order valence-electron chi connectivity index (χ2n) is 6.70. The highest BCUT2D eigenvalue weighted by molar-refractivity contribution is 7.13. The Hall–Kier alpha value is -2.42. The van der Waals surface area contributed by atoms with Crippen LogP contribution in [0.3, 0.4) is 0 Å². The molecule has 0 bridgehead atoms. The van der Waals surface area contributed by atoms with Crippen molar-refractivity contribution in [2.75, 3.05) is 32.8 Å². The van der Waals surface area contributed by atoms with Crippen LogP contribution in [0.25, 0.3) is 10.7 Å². The third kappa shape index (κ3) is 5.35. The van der Waals surface area contributed by atoms with E-state index in [0.29, 0.717) is 55.1 Å². The summed E-state index contributed by atoms with van der Waals surface area (Å²) in [4.78, 5) is 22.0. The monoisotopic (exact) mass is 432 g/mol. The van der Waals surface area contributed by atoms with Gasteiger partial charge in [-0.1, -0.05) is 28.9 Å². The minimum Gasteiger partial charge on any atom is -0.493 e. The van der Waals surface area contributed by atoms with Crippen LogP contribution in [0.2, 0.25) is 5.02 Å². The van der Waals surface area contributed by atoms with Crippen LogP contribution in [-0.4, -0.2) is 58.6 Å². The Labute approximate surface area is 177 Å². The van der Waals surface area contributed by atoms with Gasteiger partial charge in [-0.3, -0.25) is 9.69 Å². The first kappa shape index (κ1) is 19.9.